The first-order chi connectivity index (χ1) is 3.72. The monoisotopic (exact) mass is 113 g/mol. The lowest BCUT2D eigenvalue weighted by Gasteiger charge is -1.91. The Bertz CT molecular complexity index is 141. The predicted molar refractivity (Wildman–Crippen MR) is 30.3 cm³/mol. The Morgan fingerprint density at radius 3 is 2.62 bits per heavy atom. The number of carbonyl (C=O) groups is 1. The SMILES string of the molecule is C=[N+]1CCN(C)C1=O. The average molecular weight is 113 g/mol. The third kappa shape index (κ3) is 0.598. The highest BCUT2D eigenvalue weighted by Gasteiger charge is 2.28. The molecule has 2 amide bonds. The van der Waals surface area contributed by atoms with Crippen molar-refractivity contribution in [3.63, 3.8) is 0 Å². The molecule has 0 aromatic heterocycles. The van der Waals surface area contributed by atoms with Gasteiger partial charge in [0.05, 0.1) is 13.8 Å². The molecule has 0 aromatic rings. The summed E-state index contributed by atoms with van der Waals surface area (Å²) in [6.07, 6.45) is 0. The van der Waals surface area contributed by atoms with Gasteiger partial charge in [-0.2, -0.15) is 4.79 Å². The maximum Gasteiger partial charge on any atom is 0.492 e. The molecule has 44 valence electrons. The van der Waals surface area contributed by atoms with Crippen molar-refractivity contribution >= 4 is 12.7 Å². The topological polar surface area (TPSA) is 23.3 Å². The molecule has 0 atom stereocenters. The average Bonchev–Trinajstić information content (AvgIpc) is 1.98. The Balaban J connectivity index is 2.71. The highest BCUT2D eigenvalue weighted by Crippen LogP contribution is 1.95. The van der Waals surface area contributed by atoms with E-state index in [1.165, 1.54) is 4.58 Å². The van der Waals surface area contributed by atoms with E-state index in [4.69, 9.17) is 0 Å². The van der Waals surface area contributed by atoms with Gasteiger partial charge in [-0.3, -0.25) is 0 Å². The van der Waals surface area contributed by atoms with Crippen LogP contribution in [0, 0.1) is 0 Å². The fourth-order valence-electron chi connectivity index (χ4n) is 0.703. The number of rotatable bonds is 0. The van der Waals surface area contributed by atoms with E-state index in [1.54, 1.807) is 11.9 Å². The molecule has 1 aliphatic heterocycles. The summed E-state index contributed by atoms with van der Waals surface area (Å²) in [5.74, 6) is 0. The van der Waals surface area contributed by atoms with Gasteiger partial charge in [0, 0.05) is 0 Å². The summed E-state index contributed by atoms with van der Waals surface area (Å²) in [5, 5.41) is 0. The van der Waals surface area contributed by atoms with E-state index in [9.17, 15) is 4.79 Å². The van der Waals surface area contributed by atoms with Crippen molar-refractivity contribution in [3.8, 4) is 0 Å². The van der Waals surface area contributed by atoms with Gasteiger partial charge in [0.25, 0.3) is 0 Å². The van der Waals surface area contributed by atoms with Gasteiger partial charge in [-0.1, -0.05) is 0 Å². The predicted octanol–water partition coefficient (Wildman–Crippen LogP) is -0.235. The minimum absolute atomic E-state index is 0.0185. The number of urea groups is 1. The molecule has 0 N–H and O–H groups in total. The summed E-state index contributed by atoms with van der Waals surface area (Å²) >= 11 is 0. The van der Waals surface area contributed by atoms with Crippen LogP contribution in [0.5, 0.6) is 0 Å². The smallest absolute Gasteiger partial charge is 0.224 e. The zero-order valence-electron chi connectivity index (χ0n) is 4.92. The first kappa shape index (κ1) is 5.28. The molecule has 0 radical (unpaired) electrons. The fourth-order valence-corrected chi connectivity index (χ4v) is 0.703. The Kier molecular flexibility index (Phi) is 1.04. The van der Waals surface area contributed by atoms with E-state index in [2.05, 4.69) is 6.72 Å². The van der Waals surface area contributed by atoms with Crippen molar-refractivity contribution in [2.24, 2.45) is 0 Å². The van der Waals surface area contributed by atoms with Gasteiger partial charge in [0.1, 0.15) is 13.1 Å². The molecule has 0 aromatic carbocycles. The number of likely N-dealkylation sites (N-methyl/N-ethyl adjacent to an activating group) is 1. The molecule has 8 heavy (non-hydrogen) atoms. The largest absolute Gasteiger partial charge is 0.492 e. The van der Waals surface area contributed by atoms with E-state index in [-0.39, 0.29) is 6.03 Å². The van der Waals surface area contributed by atoms with Gasteiger partial charge < -0.3 is 0 Å². The summed E-state index contributed by atoms with van der Waals surface area (Å²) in [6.45, 7) is 5.08. The highest BCUT2D eigenvalue weighted by molar-refractivity contribution is 5.68. The molecule has 3 heteroatoms. The molecule has 1 aliphatic rings. The third-order valence-electron chi connectivity index (χ3n) is 1.30. The van der Waals surface area contributed by atoms with Gasteiger partial charge in [-0.05, 0) is 0 Å². The van der Waals surface area contributed by atoms with Gasteiger partial charge in [-0.25, -0.2) is 9.48 Å². The lowest BCUT2D eigenvalue weighted by molar-refractivity contribution is -0.400. The van der Waals surface area contributed by atoms with E-state index < -0.39 is 0 Å². The number of nitrogens with zero attached hydrogens (tertiary/aromatic N) is 2. The minimum Gasteiger partial charge on any atom is -0.224 e. The maximum absolute atomic E-state index is 10.7. The molecule has 3 nitrogen and oxygen atoms in total. The summed E-state index contributed by atoms with van der Waals surface area (Å²) in [7, 11) is 1.77. The van der Waals surface area contributed by atoms with Crippen molar-refractivity contribution in [1.29, 1.82) is 0 Å². The van der Waals surface area contributed by atoms with Gasteiger partial charge >= 0.3 is 6.03 Å². The van der Waals surface area contributed by atoms with E-state index in [1.807, 2.05) is 0 Å². The van der Waals surface area contributed by atoms with Gasteiger partial charge in [0.2, 0.25) is 0 Å². The molecule has 0 aliphatic carbocycles. The van der Waals surface area contributed by atoms with E-state index in [0.717, 1.165) is 13.1 Å². The zero-order valence-corrected chi connectivity index (χ0v) is 4.92. The molecule has 1 saturated heterocycles. The van der Waals surface area contributed by atoms with E-state index >= 15 is 0 Å². The summed E-state index contributed by atoms with van der Waals surface area (Å²) in [5.41, 5.74) is 0. The molecule has 1 rings (SSSR count). The van der Waals surface area contributed by atoms with Crippen LogP contribution in [0.4, 0.5) is 4.79 Å². The normalized spacial score (nSPS) is 20.4. The highest BCUT2D eigenvalue weighted by atomic mass is 16.2. The molecule has 0 unspecified atom stereocenters. The first-order valence-electron chi connectivity index (χ1n) is 2.55. The number of hydrogen-bond donors (Lipinski definition) is 0. The standard InChI is InChI=1S/C5H9N2O/c1-6-3-4-7(2)5(6)8/h1,3-4H2,2H3/q+1. The van der Waals surface area contributed by atoms with Crippen molar-refractivity contribution in [3.05, 3.63) is 0 Å². The number of amides is 2. The lowest BCUT2D eigenvalue weighted by atomic mass is 10.6. The van der Waals surface area contributed by atoms with Crippen LogP contribution in [0.25, 0.3) is 0 Å². The van der Waals surface area contributed by atoms with Crippen LogP contribution in [-0.4, -0.2) is 42.4 Å². The van der Waals surface area contributed by atoms with Crippen LogP contribution < -0.4 is 0 Å². The second kappa shape index (κ2) is 1.58. The van der Waals surface area contributed by atoms with Crippen molar-refractivity contribution in [2.75, 3.05) is 20.1 Å². The molecule has 1 heterocycles. The Morgan fingerprint density at radius 1 is 1.88 bits per heavy atom. The minimum atomic E-state index is 0.0185. The molecular formula is C5H9N2O+. The van der Waals surface area contributed by atoms with Crippen LogP contribution in [0.15, 0.2) is 0 Å². The fraction of sp³-hybridized carbons (Fsp3) is 0.600. The first-order valence-corrected chi connectivity index (χ1v) is 2.55. The Hall–Kier alpha value is -0.860. The van der Waals surface area contributed by atoms with Gasteiger partial charge in [0.15, 0.2) is 0 Å². The van der Waals surface area contributed by atoms with Crippen molar-refractivity contribution in [1.82, 2.24) is 4.90 Å². The summed E-state index contributed by atoms with van der Waals surface area (Å²) in [4.78, 5) is 12.3. The zero-order chi connectivity index (χ0) is 6.15. The summed E-state index contributed by atoms with van der Waals surface area (Å²) < 4.78 is 1.46. The summed E-state index contributed by atoms with van der Waals surface area (Å²) in [6, 6.07) is 0.0185. The second-order valence-electron chi connectivity index (χ2n) is 1.97. The molecule has 1 fully saturated rings. The quantitative estimate of drug-likeness (QED) is 0.398. The van der Waals surface area contributed by atoms with Crippen LogP contribution in [0.1, 0.15) is 0 Å². The van der Waals surface area contributed by atoms with Crippen molar-refractivity contribution < 1.29 is 9.37 Å². The molecule has 0 saturated carbocycles. The number of carbonyl (C=O) groups excluding carboxylic acids is 1. The van der Waals surface area contributed by atoms with Gasteiger partial charge in [-0.15, -0.1) is 0 Å². The Labute approximate surface area is 48.2 Å². The van der Waals surface area contributed by atoms with Crippen molar-refractivity contribution in [2.45, 2.75) is 0 Å². The molecule has 0 bridgehead atoms. The number of hydrogen-bond acceptors (Lipinski definition) is 1. The van der Waals surface area contributed by atoms with Crippen LogP contribution >= 0.6 is 0 Å². The van der Waals surface area contributed by atoms with E-state index in [0.29, 0.717) is 0 Å². The maximum atomic E-state index is 10.7. The molecule has 0 spiro atoms. The van der Waals surface area contributed by atoms with Crippen LogP contribution in [0.3, 0.4) is 0 Å². The third-order valence-corrected chi connectivity index (χ3v) is 1.30. The second-order valence-corrected chi connectivity index (χ2v) is 1.97. The lowest BCUT2D eigenvalue weighted by Crippen LogP contribution is -2.21. The Morgan fingerprint density at radius 2 is 2.50 bits per heavy atom. The van der Waals surface area contributed by atoms with Crippen LogP contribution in [0.2, 0.25) is 0 Å². The van der Waals surface area contributed by atoms with Crippen LogP contribution in [-0.2, 0) is 0 Å². The molecular weight excluding hydrogens is 104 g/mol.